The van der Waals surface area contributed by atoms with Crippen LogP contribution in [0.2, 0.25) is 0 Å². The molecule has 0 spiro atoms. The first-order valence-electron chi connectivity index (χ1n) is 10.6. The highest BCUT2D eigenvalue weighted by Gasteiger charge is 2.65. The van der Waals surface area contributed by atoms with Crippen molar-refractivity contribution in [2.45, 2.75) is 46.6 Å². The van der Waals surface area contributed by atoms with Gasteiger partial charge in [0, 0.05) is 19.0 Å². The molecule has 0 N–H and O–H groups in total. The summed E-state index contributed by atoms with van der Waals surface area (Å²) in [6.45, 7) is 5.53. The monoisotopic (exact) mass is 463 g/mol. The lowest BCUT2D eigenvalue weighted by Crippen LogP contribution is -2.42. The topological polar surface area (TPSA) is 109 Å². The fourth-order valence-corrected chi connectivity index (χ4v) is 7.20. The van der Waals surface area contributed by atoms with E-state index < -0.39 is 21.2 Å². The second kappa shape index (κ2) is 7.55. The van der Waals surface area contributed by atoms with Crippen molar-refractivity contribution in [3.63, 3.8) is 0 Å². The molecular formula is C22H29N3O6S. The second-order valence-electron chi connectivity index (χ2n) is 9.44. The van der Waals surface area contributed by atoms with Crippen molar-refractivity contribution >= 4 is 15.9 Å². The molecule has 2 saturated carbocycles. The van der Waals surface area contributed by atoms with Gasteiger partial charge in [0.1, 0.15) is 5.78 Å². The van der Waals surface area contributed by atoms with Crippen LogP contribution in [0.25, 0.3) is 5.69 Å². The first kappa shape index (κ1) is 22.7. The predicted molar refractivity (Wildman–Crippen MR) is 117 cm³/mol. The lowest BCUT2D eigenvalue weighted by Gasteiger charge is -2.35. The Labute approximate surface area is 187 Å². The van der Waals surface area contributed by atoms with Crippen LogP contribution in [-0.2, 0) is 32.8 Å². The fraction of sp³-hybridized carbons (Fsp3) is 0.591. The molecular weight excluding hydrogens is 434 g/mol. The second-order valence-corrected chi connectivity index (χ2v) is 11.1. The molecule has 1 heterocycles. The normalized spacial score (nSPS) is 24.3. The minimum absolute atomic E-state index is 0.0221. The standard InChI is InChI=1S/C22H29N3O6S/c1-14-7-6-8-15(18(14)25-19(30-5)23-24(4)20(25)27)12-31-32(28,29)13-22-10-9-16(11-17(22)26)21(22,2)3/h6-8,16H,9-13H2,1-5H3. The number of carbonyl (C=O) groups excluding carboxylic acids is 1. The average Bonchev–Trinajstić information content (AvgIpc) is 3.20. The SMILES string of the molecule is COc1nn(C)c(=O)n1-c1c(C)cccc1COS(=O)(=O)CC12CCC(CC1=O)C2(C)C. The van der Waals surface area contributed by atoms with Gasteiger partial charge in [-0.15, -0.1) is 5.10 Å². The highest BCUT2D eigenvalue weighted by molar-refractivity contribution is 7.86. The highest BCUT2D eigenvalue weighted by Crippen LogP contribution is 2.64. The van der Waals surface area contributed by atoms with Gasteiger partial charge < -0.3 is 4.74 Å². The van der Waals surface area contributed by atoms with Crippen molar-refractivity contribution in [1.82, 2.24) is 14.3 Å². The summed E-state index contributed by atoms with van der Waals surface area (Å²) in [5, 5.41) is 4.06. The third-order valence-corrected chi connectivity index (χ3v) is 8.90. The number of hydrogen-bond acceptors (Lipinski definition) is 7. The number of aromatic nitrogens is 3. The molecule has 0 saturated heterocycles. The first-order chi connectivity index (χ1) is 14.9. The van der Waals surface area contributed by atoms with Crippen molar-refractivity contribution in [1.29, 1.82) is 0 Å². The molecule has 32 heavy (non-hydrogen) atoms. The molecule has 1 aromatic heterocycles. The molecule has 174 valence electrons. The van der Waals surface area contributed by atoms with Crippen molar-refractivity contribution in [2.75, 3.05) is 12.9 Å². The number of hydrogen-bond donors (Lipinski definition) is 0. The number of Topliss-reactive ketones (excluding diaryl/α,β-unsaturated/α-hetero) is 1. The smallest absolute Gasteiger partial charge is 0.353 e. The summed E-state index contributed by atoms with van der Waals surface area (Å²) in [5.74, 6) is -0.0769. The largest absolute Gasteiger partial charge is 0.467 e. The van der Waals surface area contributed by atoms with Crippen molar-refractivity contribution in [2.24, 2.45) is 23.8 Å². The molecule has 2 aliphatic carbocycles. The molecule has 2 bridgehead atoms. The summed E-state index contributed by atoms with van der Waals surface area (Å²) >= 11 is 0. The van der Waals surface area contributed by atoms with Crippen LogP contribution in [0.3, 0.4) is 0 Å². The molecule has 2 unspecified atom stereocenters. The maximum Gasteiger partial charge on any atom is 0.353 e. The number of para-hydroxylation sites is 1. The van der Waals surface area contributed by atoms with Crippen LogP contribution in [0.15, 0.2) is 23.0 Å². The molecule has 4 rings (SSSR count). The van der Waals surface area contributed by atoms with Gasteiger partial charge in [-0.05, 0) is 36.7 Å². The van der Waals surface area contributed by atoms with E-state index in [1.54, 1.807) is 12.1 Å². The summed E-state index contributed by atoms with van der Waals surface area (Å²) in [6, 6.07) is 5.36. The Hall–Kier alpha value is -2.46. The van der Waals surface area contributed by atoms with Crippen molar-refractivity contribution < 1.29 is 22.1 Å². The van der Waals surface area contributed by atoms with Gasteiger partial charge in [0.2, 0.25) is 0 Å². The zero-order valence-electron chi connectivity index (χ0n) is 19.0. The van der Waals surface area contributed by atoms with Crippen LogP contribution in [0.4, 0.5) is 0 Å². The van der Waals surface area contributed by atoms with Gasteiger partial charge in [-0.2, -0.15) is 8.42 Å². The molecule has 9 nitrogen and oxygen atoms in total. The van der Waals surface area contributed by atoms with E-state index in [1.165, 1.54) is 18.7 Å². The van der Waals surface area contributed by atoms with E-state index >= 15 is 0 Å². The molecule has 0 radical (unpaired) electrons. The number of aryl methyl sites for hydroxylation is 2. The lowest BCUT2D eigenvalue weighted by molar-refractivity contribution is -0.128. The molecule has 2 atom stereocenters. The maximum absolute atomic E-state index is 13.0. The van der Waals surface area contributed by atoms with Gasteiger partial charge in [0.25, 0.3) is 10.1 Å². The number of benzene rings is 1. The van der Waals surface area contributed by atoms with E-state index in [9.17, 15) is 18.0 Å². The Bertz CT molecular complexity index is 1240. The summed E-state index contributed by atoms with van der Waals surface area (Å²) in [6.07, 6.45) is 1.87. The third kappa shape index (κ3) is 3.31. The number of methoxy groups -OCH3 is 1. The van der Waals surface area contributed by atoms with Gasteiger partial charge in [-0.1, -0.05) is 32.0 Å². The van der Waals surface area contributed by atoms with Crippen LogP contribution in [-0.4, -0.2) is 41.4 Å². The molecule has 0 aliphatic heterocycles. The van der Waals surface area contributed by atoms with Gasteiger partial charge >= 0.3 is 11.7 Å². The van der Waals surface area contributed by atoms with E-state index in [0.29, 0.717) is 24.1 Å². The van der Waals surface area contributed by atoms with Crippen LogP contribution < -0.4 is 10.4 Å². The average molecular weight is 464 g/mol. The van der Waals surface area contributed by atoms with Gasteiger partial charge in [0.05, 0.1) is 30.6 Å². The van der Waals surface area contributed by atoms with E-state index in [2.05, 4.69) is 5.10 Å². The van der Waals surface area contributed by atoms with E-state index in [-0.39, 0.29) is 35.5 Å². The fourth-order valence-electron chi connectivity index (χ4n) is 5.53. The lowest BCUT2D eigenvalue weighted by atomic mass is 9.70. The summed E-state index contributed by atoms with van der Waals surface area (Å²) in [4.78, 5) is 25.4. The van der Waals surface area contributed by atoms with Gasteiger partial charge in [0.15, 0.2) is 0 Å². The Kier molecular flexibility index (Phi) is 5.36. The maximum atomic E-state index is 13.0. The molecule has 2 fully saturated rings. The van der Waals surface area contributed by atoms with E-state index in [4.69, 9.17) is 8.92 Å². The molecule has 10 heteroatoms. The van der Waals surface area contributed by atoms with Crippen molar-refractivity contribution in [3.05, 3.63) is 39.8 Å². The van der Waals surface area contributed by atoms with Crippen molar-refractivity contribution in [3.8, 4) is 11.7 Å². The third-order valence-electron chi connectivity index (χ3n) is 7.58. The Morgan fingerprint density at radius 2 is 1.97 bits per heavy atom. The van der Waals surface area contributed by atoms with Crippen LogP contribution >= 0.6 is 0 Å². The minimum Gasteiger partial charge on any atom is -0.467 e. The summed E-state index contributed by atoms with van der Waals surface area (Å²) in [7, 11) is -1.09. The number of ketones is 1. The summed E-state index contributed by atoms with van der Waals surface area (Å²) in [5.41, 5.74) is 0.0198. The predicted octanol–water partition coefficient (Wildman–Crippen LogP) is 2.13. The van der Waals surface area contributed by atoms with Gasteiger partial charge in [-0.25, -0.2) is 14.0 Å². The zero-order valence-corrected chi connectivity index (χ0v) is 19.9. The quantitative estimate of drug-likeness (QED) is 0.579. The number of rotatable bonds is 7. The van der Waals surface area contributed by atoms with Crippen LogP contribution in [0, 0.1) is 23.7 Å². The Balaban J connectivity index is 1.64. The van der Waals surface area contributed by atoms with E-state index in [0.717, 1.165) is 16.7 Å². The molecule has 1 aromatic carbocycles. The number of nitrogens with zero attached hydrogens (tertiary/aromatic N) is 3. The number of carbonyl (C=O) groups is 1. The summed E-state index contributed by atoms with van der Waals surface area (Å²) < 4.78 is 39.2. The van der Waals surface area contributed by atoms with Crippen LogP contribution in [0.1, 0.15) is 44.2 Å². The van der Waals surface area contributed by atoms with Crippen LogP contribution in [0.5, 0.6) is 6.01 Å². The number of fused-ring (bicyclic) bond motifs is 2. The number of ether oxygens (including phenoxy) is 1. The van der Waals surface area contributed by atoms with Gasteiger partial charge in [-0.3, -0.25) is 8.98 Å². The molecule has 0 amide bonds. The Morgan fingerprint density at radius 1 is 1.25 bits per heavy atom. The minimum atomic E-state index is -4.00. The van der Waals surface area contributed by atoms with E-state index in [1.807, 2.05) is 26.8 Å². The molecule has 2 aliphatic rings. The molecule has 2 aromatic rings. The Morgan fingerprint density at radius 3 is 2.56 bits per heavy atom. The first-order valence-corrected chi connectivity index (χ1v) is 12.2. The zero-order chi connectivity index (χ0) is 23.5. The highest BCUT2D eigenvalue weighted by atomic mass is 32.2.